The van der Waals surface area contributed by atoms with E-state index in [-0.39, 0.29) is 20.1 Å². The normalized spacial score (nSPS) is 10.6. The third-order valence-corrected chi connectivity index (χ3v) is 12.3. The van der Waals surface area contributed by atoms with Gasteiger partial charge in [0.25, 0.3) is 12.7 Å². The minimum Gasteiger partial charge on any atom is -0.421 e. The number of rotatable bonds is 9. The van der Waals surface area contributed by atoms with E-state index < -0.39 is 0 Å². The number of aromatic nitrogens is 8. The van der Waals surface area contributed by atoms with Gasteiger partial charge in [-0.15, -0.1) is 0 Å². The second kappa shape index (κ2) is 23.8. The van der Waals surface area contributed by atoms with Gasteiger partial charge in [-0.3, -0.25) is 19.2 Å². The van der Waals surface area contributed by atoms with Crippen LogP contribution < -0.4 is 14.2 Å². The van der Waals surface area contributed by atoms with Crippen LogP contribution in [0.5, 0.6) is 0 Å². The van der Waals surface area contributed by atoms with Gasteiger partial charge in [-0.05, 0) is 96.6 Å². The van der Waals surface area contributed by atoms with Crippen molar-refractivity contribution in [2.45, 2.75) is 34.6 Å². The molecule has 0 aliphatic carbocycles. The molecule has 0 aliphatic rings. The predicted molar refractivity (Wildman–Crippen MR) is 294 cm³/mol. The Morgan fingerprint density at radius 1 is 0.427 bits per heavy atom. The number of pyridine rings is 1. The van der Waals surface area contributed by atoms with E-state index in [1.165, 1.54) is 22.3 Å². The average Bonchev–Trinajstić information content (AvgIpc) is 4.20. The van der Waals surface area contributed by atoms with E-state index >= 15 is 0 Å². The molecule has 0 unspecified atom stereocenters. The smallest absolute Gasteiger partial charge is 0.268 e. The number of imidazole rings is 2. The molecule has 0 amide bonds. The van der Waals surface area contributed by atoms with Crippen molar-refractivity contribution in [2.24, 2.45) is 0 Å². The van der Waals surface area contributed by atoms with Gasteiger partial charge in [-0.2, -0.15) is 59.7 Å². The molecule has 4 aromatic heterocycles. The molecule has 0 aliphatic heterocycles. The molecule has 8 nitrogen and oxygen atoms in total. The molecule has 8 aromatic carbocycles. The van der Waals surface area contributed by atoms with Gasteiger partial charge < -0.3 is 19.2 Å². The summed E-state index contributed by atoms with van der Waals surface area (Å²) in [6.45, 7) is 10.3. The van der Waals surface area contributed by atoms with Crippen molar-refractivity contribution >= 4 is 0 Å². The molecule has 369 valence electrons. The molecule has 0 fully saturated rings. The second-order valence-corrected chi connectivity index (χ2v) is 18.0. The first-order valence-electron chi connectivity index (χ1n) is 24.6. The molecule has 0 bridgehead atoms. The van der Waals surface area contributed by atoms with Crippen LogP contribution in [0.25, 0.3) is 79.3 Å². The zero-order valence-corrected chi connectivity index (χ0v) is 44.7. The molecule has 12 aromatic rings. The zero-order chi connectivity index (χ0) is 50.8. The third kappa shape index (κ3) is 11.8. The van der Waals surface area contributed by atoms with Gasteiger partial charge in [0.05, 0.1) is 39.8 Å². The Kier molecular flexibility index (Phi) is 16.2. The number of aryl methyl sites for hydroxylation is 5. The predicted octanol–water partition coefficient (Wildman–Crippen LogP) is 13.4. The Bertz CT molecular complexity index is 3350. The van der Waals surface area contributed by atoms with Crippen molar-refractivity contribution in [1.82, 2.24) is 29.3 Å². The molecule has 4 heterocycles. The van der Waals surface area contributed by atoms with Gasteiger partial charge in [-0.1, -0.05) is 177 Å². The minimum atomic E-state index is 0. The standard InChI is InChI=1S/2C29H23N2.C8H7N4.Ir/c2*1-22-11-9-17-26(19-22)30-21-31(27-18-10-12-23(2)20-27)29(25-15-7-4-8-16-25)28(30)24-13-5-3-6-14-24;1-6-10-8(12-11-6)7-4-2-3-5-9-7;/h2*3-17,19-20H,1-2H3;2-5H,1H3;/q3*-1;. The quantitative estimate of drug-likeness (QED) is 0.107. The molecule has 0 saturated heterocycles. The Morgan fingerprint density at radius 2 is 0.840 bits per heavy atom. The van der Waals surface area contributed by atoms with Gasteiger partial charge in [0, 0.05) is 32.1 Å². The number of hydrogen-bond acceptors (Lipinski definition) is 3. The summed E-state index contributed by atoms with van der Waals surface area (Å²) in [5, 5.41) is 7.65. The van der Waals surface area contributed by atoms with Crippen LogP contribution in [0, 0.1) is 59.4 Å². The maximum absolute atomic E-state index is 4.10. The average molecular weight is 1150 g/mol. The molecular formula is C66H53IrN8-3. The fraction of sp³-hybridized carbons (Fsp3) is 0.0758. The zero-order valence-electron chi connectivity index (χ0n) is 42.4. The number of benzene rings is 8. The van der Waals surface area contributed by atoms with Crippen molar-refractivity contribution in [2.75, 3.05) is 0 Å². The number of hydrogen-bond donors (Lipinski definition) is 0. The summed E-state index contributed by atoms with van der Waals surface area (Å²) in [6, 6.07) is 84.1. The third-order valence-electron chi connectivity index (χ3n) is 12.3. The molecule has 75 heavy (non-hydrogen) atoms. The first-order chi connectivity index (χ1) is 36.3. The Morgan fingerprint density at radius 3 is 1.21 bits per heavy atom. The van der Waals surface area contributed by atoms with Crippen LogP contribution in [0.15, 0.2) is 231 Å². The van der Waals surface area contributed by atoms with Gasteiger partial charge in [0.2, 0.25) is 0 Å². The van der Waals surface area contributed by atoms with Crippen LogP contribution in [-0.2, 0) is 20.1 Å². The van der Waals surface area contributed by atoms with Crippen molar-refractivity contribution < 1.29 is 29.2 Å². The summed E-state index contributed by atoms with van der Waals surface area (Å²) >= 11 is 0. The molecule has 0 atom stereocenters. The fourth-order valence-corrected chi connectivity index (χ4v) is 8.83. The monoisotopic (exact) mass is 1150 g/mol. The van der Waals surface area contributed by atoms with Crippen molar-refractivity contribution in [1.29, 1.82) is 0 Å². The molecule has 9 heteroatoms. The second-order valence-electron chi connectivity index (χ2n) is 18.0. The molecule has 0 spiro atoms. The molecule has 1 radical (unpaired) electrons. The minimum absolute atomic E-state index is 0. The van der Waals surface area contributed by atoms with Crippen molar-refractivity contribution in [3.63, 3.8) is 0 Å². The topological polar surface area (TPSA) is 70.4 Å². The Labute approximate surface area is 453 Å². The Hall–Kier alpha value is -8.88. The van der Waals surface area contributed by atoms with E-state index in [4.69, 9.17) is 0 Å². The number of nitrogens with zero attached hydrogens (tertiary/aromatic N) is 8. The summed E-state index contributed by atoms with van der Waals surface area (Å²) < 4.78 is 8.60. The molecule has 0 N–H and O–H groups in total. The fourth-order valence-electron chi connectivity index (χ4n) is 8.83. The van der Waals surface area contributed by atoms with Crippen LogP contribution in [0.1, 0.15) is 28.1 Å². The SMILES string of the molecule is Cc1cc[c-]c(-n2[c-][n+](-c3cccc(C)c3)c(-c3ccccc3)c2-c2ccccc2)c1.Cc1cc[c-]c(-n2[c-][n+](-c3cccc(C)c3)c(-c3ccccc3)c2-c2ccccc2)c1.Cc1n[n-]c(-c2ccccn2)n1.[Ir]. The van der Waals surface area contributed by atoms with Gasteiger partial charge in [0.15, 0.2) is 0 Å². The van der Waals surface area contributed by atoms with Gasteiger partial charge in [0.1, 0.15) is 0 Å². The summed E-state index contributed by atoms with van der Waals surface area (Å²) in [4.78, 5) is 8.19. The van der Waals surface area contributed by atoms with Crippen LogP contribution in [0.3, 0.4) is 0 Å². The van der Waals surface area contributed by atoms with Crippen LogP contribution in [0.4, 0.5) is 0 Å². The molecule has 0 saturated carbocycles. The van der Waals surface area contributed by atoms with E-state index in [1.54, 1.807) is 13.1 Å². The maximum Gasteiger partial charge on any atom is 0.268 e. The van der Waals surface area contributed by atoms with Crippen LogP contribution in [0.2, 0.25) is 0 Å². The molecular weight excluding hydrogens is 1100 g/mol. The molecule has 12 rings (SSSR count). The van der Waals surface area contributed by atoms with E-state index in [1.807, 2.05) is 30.3 Å². The summed E-state index contributed by atoms with van der Waals surface area (Å²) in [5.74, 6) is 1.27. The maximum atomic E-state index is 4.10. The van der Waals surface area contributed by atoms with Crippen LogP contribution in [-0.4, -0.2) is 24.2 Å². The summed E-state index contributed by atoms with van der Waals surface area (Å²) in [6.07, 6.45) is 8.98. The first kappa shape index (κ1) is 51.0. The van der Waals surface area contributed by atoms with E-state index in [0.29, 0.717) is 11.6 Å². The summed E-state index contributed by atoms with van der Waals surface area (Å²) in [5.41, 5.74) is 18.7. The largest absolute Gasteiger partial charge is 0.421 e. The van der Waals surface area contributed by atoms with E-state index in [0.717, 1.165) is 73.5 Å². The van der Waals surface area contributed by atoms with Gasteiger partial charge >= 0.3 is 0 Å². The first-order valence-corrected chi connectivity index (χ1v) is 24.6. The van der Waals surface area contributed by atoms with Crippen molar-refractivity contribution in [3.8, 4) is 79.3 Å². The van der Waals surface area contributed by atoms with Crippen molar-refractivity contribution in [3.05, 3.63) is 284 Å². The Balaban J connectivity index is 0.000000149. The van der Waals surface area contributed by atoms with Gasteiger partial charge in [-0.25, -0.2) is 0 Å². The summed E-state index contributed by atoms with van der Waals surface area (Å²) in [7, 11) is 0. The van der Waals surface area contributed by atoms with Crippen LogP contribution >= 0.6 is 0 Å². The van der Waals surface area contributed by atoms with E-state index in [2.05, 4.69) is 285 Å². The van der Waals surface area contributed by atoms with E-state index in [9.17, 15) is 0 Å².